The molecule has 7 aliphatic rings. The van der Waals surface area contributed by atoms with E-state index in [4.69, 9.17) is 10.5 Å². The molecule has 0 heterocycles. The first-order valence-electron chi connectivity index (χ1n) is 23.4. The number of phenols is 1. The molecule has 7 aliphatic carbocycles. The Hall–Kier alpha value is -4.20. The van der Waals surface area contributed by atoms with Crippen molar-refractivity contribution in [1.29, 1.82) is 0 Å². The highest BCUT2D eigenvalue weighted by atomic mass is 16.6. The highest BCUT2D eigenvalue weighted by molar-refractivity contribution is 6.24. The first-order valence-corrected chi connectivity index (χ1v) is 23.4. The molecule has 0 spiro atoms. The van der Waals surface area contributed by atoms with Crippen LogP contribution in [0, 0.1) is 58.2 Å². The number of nitrogens with two attached hydrogens (primary N) is 1. The number of benzene rings is 1. The van der Waals surface area contributed by atoms with E-state index >= 15 is 0 Å². The molecule has 2 amide bonds. The summed E-state index contributed by atoms with van der Waals surface area (Å²) in [6, 6.07) is 1.57. The van der Waals surface area contributed by atoms with Gasteiger partial charge < -0.3 is 36.0 Å². The molecule has 4 saturated carbocycles. The molecule has 8 rings (SSSR count). The Balaban J connectivity index is 0.985. The van der Waals surface area contributed by atoms with E-state index in [1.807, 2.05) is 0 Å². The number of aromatic hydroxyl groups is 1. The van der Waals surface area contributed by atoms with Gasteiger partial charge in [0.25, 0.3) is 5.91 Å². The van der Waals surface area contributed by atoms with E-state index in [1.165, 1.54) is 75.6 Å². The third kappa shape index (κ3) is 6.79. The van der Waals surface area contributed by atoms with Crippen molar-refractivity contribution in [3.05, 3.63) is 51.8 Å². The maximum atomic E-state index is 14.4. The van der Waals surface area contributed by atoms with E-state index in [0.29, 0.717) is 35.7 Å². The quantitative estimate of drug-likeness (QED) is 0.0734. The largest absolute Gasteiger partial charge is 0.508 e. The van der Waals surface area contributed by atoms with Crippen molar-refractivity contribution in [2.75, 3.05) is 19.4 Å². The number of anilines is 1. The predicted molar refractivity (Wildman–Crippen MR) is 237 cm³/mol. The van der Waals surface area contributed by atoms with Gasteiger partial charge >= 0.3 is 6.09 Å². The van der Waals surface area contributed by atoms with Crippen molar-refractivity contribution < 1.29 is 49.4 Å². The van der Waals surface area contributed by atoms with Gasteiger partial charge in [-0.3, -0.25) is 24.6 Å². The average molecular weight is 872 g/mol. The summed E-state index contributed by atoms with van der Waals surface area (Å²) in [5.74, 6) is -5.55. The van der Waals surface area contributed by atoms with Crippen molar-refractivity contribution in [2.45, 2.75) is 142 Å². The molecule has 14 atom stereocenters. The number of hydrogen-bond acceptors (Lipinski definition) is 11. The lowest BCUT2D eigenvalue weighted by Gasteiger charge is -2.58. The van der Waals surface area contributed by atoms with Gasteiger partial charge in [0.2, 0.25) is 5.78 Å². The van der Waals surface area contributed by atoms with Crippen LogP contribution in [-0.2, 0) is 19.1 Å². The van der Waals surface area contributed by atoms with Crippen LogP contribution in [0.1, 0.15) is 129 Å². The number of ether oxygens (including phenoxy) is 1. The molecule has 344 valence electrons. The lowest BCUT2D eigenvalue weighted by molar-refractivity contribution is -0.169. The van der Waals surface area contributed by atoms with Crippen LogP contribution < -0.4 is 11.1 Å². The van der Waals surface area contributed by atoms with Gasteiger partial charge in [0.05, 0.1) is 29.3 Å². The molecule has 0 bridgehead atoms. The van der Waals surface area contributed by atoms with Crippen LogP contribution in [0.25, 0.3) is 5.76 Å². The van der Waals surface area contributed by atoms with Crippen LogP contribution in [0.3, 0.4) is 0 Å². The maximum Gasteiger partial charge on any atom is 0.412 e. The van der Waals surface area contributed by atoms with E-state index < -0.39 is 87.5 Å². The normalized spacial score (nSPS) is 38.8. The minimum atomic E-state index is -3.02. The summed E-state index contributed by atoms with van der Waals surface area (Å²) in [5.41, 5.74) is 2.78. The second-order valence-electron chi connectivity index (χ2n) is 21.7. The molecule has 13 heteroatoms. The number of ketones is 2. The van der Waals surface area contributed by atoms with E-state index in [2.05, 4.69) is 46.0 Å². The molecule has 13 nitrogen and oxygen atoms in total. The molecule has 1 aromatic rings. The van der Waals surface area contributed by atoms with Crippen LogP contribution in [0.2, 0.25) is 0 Å². The first kappa shape index (κ1) is 45.4. The monoisotopic (exact) mass is 871 g/mol. The van der Waals surface area contributed by atoms with E-state index in [-0.39, 0.29) is 22.8 Å². The predicted octanol–water partition coefficient (Wildman–Crippen LogP) is 7.45. The highest BCUT2D eigenvalue weighted by Gasteiger charge is 2.68. The zero-order chi connectivity index (χ0) is 45.8. The second kappa shape index (κ2) is 16.0. The fraction of sp³-hybridized carbons (Fsp3) is 0.680. The zero-order valence-electron chi connectivity index (χ0n) is 38.2. The van der Waals surface area contributed by atoms with Crippen LogP contribution in [-0.4, -0.2) is 91.9 Å². The standard InChI is InChI=1S/C50H69N3O10/c1-23(2)10-9-11-24(3)30-15-16-31-29-13-12-26-22-27(18-20-48(26,5)32(29)19-21-49(30,31)6)63-47(61)52-33-17-14-28-25(4)34-36(41(55)35(28)40(33)54)44(58)50(62)38(42(34)56)39(53(7)8)43(57)37(45(50)59)46(51)60/h12,14,17,23-25,27,29-32,34,38-39,42,54-56,59,62H,9-11,13,15-16,18-22H2,1-8H3,(H2,51,60)(H,52,61)/t24-,25+,27?,29?,30+,31?,32?,34-,38-,39+,42-,48-,49+,50-/m0/s1. The SMILES string of the molecule is CC(C)CCC[C@H](C)[C@H]1CCC2C3CC=C4CC(OC(=O)Nc5ccc6c(c5O)C(O)=C5C(=O)[C@]7(O)C(O)=C(C(N)=O)C(=O)[C@H](N(C)C)[C@H]7[C@@H](O)[C@H]5[C@@H]6C)CC[C@]4(C)C3CC[C@@]21C. The van der Waals surface area contributed by atoms with Gasteiger partial charge in [0.1, 0.15) is 28.9 Å². The van der Waals surface area contributed by atoms with Gasteiger partial charge in [0.15, 0.2) is 11.4 Å². The third-order valence-electron chi connectivity index (χ3n) is 17.9. The number of nitrogens with zero attached hydrogens (tertiary/aromatic N) is 1. The van der Waals surface area contributed by atoms with Crippen molar-refractivity contribution in [1.82, 2.24) is 4.90 Å². The second-order valence-corrected chi connectivity index (χ2v) is 21.7. The number of aliphatic hydroxyl groups is 4. The number of primary amides is 1. The Morgan fingerprint density at radius 2 is 1.71 bits per heavy atom. The molecule has 0 aromatic heterocycles. The number of carbonyl (C=O) groups excluding carboxylic acids is 4. The molecule has 4 unspecified atom stereocenters. The number of carbonyl (C=O) groups is 4. The number of aliphatic hydroxyl groups excluding tert-OH is 3. The first-order chi connectivity index (χ1) is 29.6. The summed E-state index contributed by atoms with van der Waals surface area (Å²) in [6.07, 6.45) is 12.1. The number of phenolic OH excluding ortho intramolecular Hbond substituents is 1. The molecule has 0 saturated heterocycles. The van der Waals surface area contributed by atoms with Gasteiger partial charge in [-0.1, -0.05) is 78.5 Å². The minimum absolute atomic E-state index is 0.0592. The number of allylic oxidation sites excluding steroid dienone is 1. The fourth-order valence-corrected chi connectivity index (χ4v) is 14.8. The number of rotatable bonds is 9. The molecule has 63 heavy (non-hydrogen) atoms. The van der Waals surface area contributed by atoms with Gasteiger partial charge in [-0.15, -0.1) is 0 Å². The van der Waals surface area contributed by atoms with Crippen molar-refractivity contribution in [2.24, 2.45) is 63.9 Å². The molecule has 1 aromatic carbocycles. The topological polar surface area (TPSA) is 220 Å². The molecule has 0 radical (unpaired) electrons. The van der Waals surface area contributed by atoms with E-state index in [9.17, 15) is 44.7 Å². The van der Waals surface area contributed by atoms with Crippen LogP contribution in [0.5, 0.6) is 5.75 Å². The van der Waals surface area contributed by atoms with E-state index in [0.717, 1.165) is 36.5 Å². The Labute approximate surface area is 371 Å². The summed E-state index contributed by atoms with van der Waals surface area (Å²) < 4.78 is 6.01. The molecule has 0 aliphatic heterocycles. The van der Waals surface area contributed by atoms with Crippen LogP contribution >= 0.6 is 0 Å². The summed E-state index contributed by atoms with van der Waals surface area (Å²) >= 11 is 0. The average Bonchev–Trinajstić information content (AvgIpc) is 3.57. The Bertz CT molecular complexity index is 2190. The third-order valence-corrected chi connectivity index (χ3v) is 17.9. The van der Waals surface area contributed by atoms with Crippen LogP contribution in [0.4, 0.5) is 10.5 Å². The smallest absolute Gasteiger partial charge is 0.412 e. The summed E-state index contributed by atoms with van der Waals surface area (Å²) in [4.78, 5) is 55.1. The molecular formula is C50H69N3O10. The molecule has 8 N–H and O–H groups in total. The number of likely N-dealkylation sites (N-methyl/N-ethyl adjacent to an activating group) is 1. The minimum Gasteiger partial charge on any atom is -0.508 e. The Morgan fingerprint density at radius 3 is 2.38 bits per heavy atom. The zero-order valence-corrected chi connectivity index (χ0v) is 38.2. The highest BCUT2D eigenvalue weighted by Crippen LogP contribution is 2.67. The molecular weight excluding hydrogens is 803 g/mol. The lowest BCUT2D eigenvalue weighted by Crippen LogP contribution is -2.70. The van der Waals surface area contributed by atoms with Gasteiger partial charge in [-0.25, -0.2) is 4.79 Å². The number of hydrogen-bond donors (Lipinski definition) is 7. The maximum absolute atomic E-state index is 14.4. The van der Waals surface area contributed by atoms with Gasteiger partial charge in [0, 0.05) is 17.9 Å². The Kier molecular flexibility index (Phi) is 11.6. The van der Waals surface area contributed by atoms with E-state index in [1.54, 1.807) is 13.0 Å². The summed E-state index contributed by atoms with van der Waals surface area (Å²) in [7, 11) is 2.92. The van der Waals surface area contributed by atoms with Crippen molar-refractivity contribution in [3.8, 4) is 5.75 Å². The van der Waals surface area contributed by atoms with Gasteiger partial charge in [-0.05, 0) is 123 Å². The van der Waals surface area contributed by atoms with Gasteiger partial charge in [-0.2, -0.15) is 0 Å². The number of fused-ring (bicyclic) bond motifs is 8. The summed E-state index contributed by atoms with van der Waals surface area (Å²) in [6.45, 7) is 13.8. The lowest BCUT2D eigenvalue weighted by atomic mass is 9.47. The van der Waals surface area contributed by atoms with Crippen molar-refractivity contribution in [3.63, 3.8) is 0 Å². The van der Waals surface area contributed by atoms with Crippen molar-refractivity contribution >= 4 is 35.0 Å². The number of amides is 2. The number of nitrogens with one attached hydrogen (secondary N) is 1. The number of Topliss-reactive ketones (excluding diaryl/α,β-unsaturated/α-hetero) is 2. The van der Waals surface area contributed by atoms with Crippen LogP contribution in [0.15, 0.2) is 40.7 Å². The summed E-state index contributed by atoms with van der Waals surface area (Å²) in [5, 5.41) is 61.2. The fourth-order valence-electron chi connectivity index (χ4n) is 14.8. The molecule has 4 fully saturated rings. The Morgan fingerprint density at radius 1 is 1.00 bits per heavy atom.